The van der Waals surface area contributed by atoms with E-state index in [2.05, 4.69) is 20.8 Å². The van der Waals surface area contributed by atoms with Crippen LogP contribution < -0.4 is 10.1 Å². The number of halogens is 1. The summed E-state index contributed by atoms with van der Waals surface area (Å²) in [5, 5.41) is 15.0. The Kier molecular flexibility index (Phi) is 6.02. The van der Waals surface area contributed by atoms with Crippen molar-refractivity contribution >= 4 is 17.7 Å². The molecule has 1 atom stereocenters. The van der Waals surface area contributed by atoms with E-state index in [9.17, 15) is 9.18 Å². The molecular formula is C18H18FN5O2S. The summed E-state index contributed by atoms with van der Waals surface area (Å²) in [6.45, 7) is 1.84. The third kappa shape index (κ3) is 4.62. The number of para-hydroxylation sites is 2. The highest BCUT2D eigenvalue weighted by Gasteiger charge is 2.16. The van der Waals surface area contributed by atoms with Crippen LogP contribution in [-0.4, -0.2) is 39.0 Å². The Morgan fingerprint density at radius 1 is 1.26 bits per heavy atom. The lowest BCUT2D eigenvalue weighted by molar-refractivity contribution is -0.119. The van der Waals surface area contributed by atoms with Crippen molar-refractivity contribution < 1.29 is 13.9 Å². The Hall–Kier alpha value is -2.94. The van der Waals surface area contributed by atoms with E-state index < -0.39 is 0 Å². The molecule has 0 fully saturated rings. The third-order valence-corrected chi connectivity index (χ3v) is 4.75. The van der Waals surface area contributed by atoms with Gasteiger partial charge in [-0.25, -0.2) is 4.39 Å². The average Bonchev–Trinajstić information content (AvgIpc) is 3.15. The number of carbonyl (C=O) groups is 1. The largest absolute Gasteiger partial charge is 0.494 e. The van der Waals surface area contributed by atoms with E-state index in [4.69, 9.17) is 4.74 Å². The minimum absolute atomic E-state index is 0.140. The van der Waals surface area contributed by atoms with Crippen LogP contribution >= 0.6 is 11.8 Å². The molecular weight excluding hydrogens is 369 g/mol. The molecule has 0 saturated carbocycles. The van der Waals surface area contributed by atoms with Crippen LogP contribution in [0.25, 0.3) is 5.69 Å². The number of carbonyl (C=O) groups excluding carboxylic acids is 1. The monoisotopic (exact) mass is 387 g/mol. The number of aromatic nitrogens is 4. The van der Waals surface area contributed by atoms with Crippen LogP contribution in [0.5, 0.6) is 5.75 Å². The van der Waals surface area contributed by atoms with Gasteiger partial charge in [-0.1, -0.05) is 36.0 Å². The number of rotatable bonds is 7. The van der Waals surface area contributed by atoms with Crippen LogP contribution in [0.15, 0.2) is 53.7 Å². The van der Waals surface area contributed by atoms with E-state index in [1.807, 2.05) is 31.2 Å². The molecule has 0 aliphatic rings. The molecule has 9 heteroatoms. The molecule has 0 bridgehead atoms. The predicted molar refractivity (Wildman–Crippen MR) is 99.4 cm³/mol. The summed E-state index contributed by atoms with van der Waals surface area (Å²) in [7, 11) is 1.57. The Balaban J connectivity index is 1.63. The van der Waals surface area contributed by atoms with Crippen molar-refractivity contribution in [3.8, 4) is 11.4 Å². The smallest absolute Gasteiger partial charge is 0.230 e. The van der Waals surface area contributed by atoms with E-state index in [-0.39, 0.29) is 23.5 Å². The van der Waals surface area contributed by atoms with Crippen LogP contribution in [0.2, 0.25) is 0 Å². The van der Waals surface area contributed by atoms with Crippen molar-refractivity contribution in [2.75, 3.05) is 12.9 Å². The first kappa shape index (κ1) is 18.8. The number of amides is 1. The Morgan fingerprint density at radius 2 is 2.00 bits per heavy atom. The molecule has 7 nitrogen and oxygen atoms in total. The minimum atomic E-state index is -0.309. The second-order valence-corrected chi connectivity index (χ2v) is 6.62. The Bertz CT molecular complexity index is 916. The first-order valence-corrected chi connectivity index (χ1v) is 9.16. The number of nitrogens with zero attached hydrogens (tertiary/aromatic N) is 4. The van der Waals surface area contributed by atoms with Crippen LogP contribution in [0.4, 0.5) is 4.39 Å². The fourth-order valence-corrected chi connectivity index (χ4v) is 3.17. The van der Waals surface area contributed by atoms with Crippen molar-refractivity contribution in [1.29, 1.82) is 0 Å². The number of hydrogen-bond donors (Lipinski definition) is 1. The van der Waals surface area contributed by atoms with Gasteiger partial charge in [0.2, 0.25) is 11.1 Å². The molecule has 0 radical (unpaired) electrons. The van der Waals surface area contributed by atoms with Gasteiger partial charge in [0.15, 0.2) is 0 Å². The highest BCUT2D eigenvalue weighted by molar-refractivity contribution is 7.99. The van der Waals surface area contributed by atoms with Gasteiger partial charge in [0.1, 0.15) is 17.3 Å². The van der Waals surface area contributed by atoms with E-state index in [0.717, 1.165) is 5.56 Å². The number of tetrazole rings is 1. The SMILES string of the molecule is COc1ccccc1-n1nnnc1SCC(=O)NC(C)c1ccc(F)cc1. The van der Waals surface area contributed by atoms with Crippen molar-refractivity contribution in [2.24, 2.45) is 0 Å². The standard InChI is InChI=1S/C18H18FN5O2S/c1-12(13-7-9-14(19)10-8-13)20-17(25)11-27-18-21-22-23-24(18)15-5-3-4-6-16(15)26-2/h3-10,12H,11H2,1-2H3,(H,20,25). The Morgan fingerprint density at radius 3 is 2.74 bits per heavy atom. The quantitative estimate of drug-likeness (QED) is 0.628. The van der Waals surface area contributed by atoms with Gasteiger partial charge in [-0.3, -0.25) is 4.79 Å². The number of ether oxygens (including phenoxy) is 1. The first-order valence-electron chi connectivity index (χ1n) is 8.18. The average molecular weight is 387 g/mol. The number of thioether (sulfide) groups is 1. The van der Waals surface area contributed by atoms with Crippen LogP contribution in [0.3, 0.4) is 0 Å². The minimum Gasteiger partial charge on any atom is -0.494 e. The van der Waals surface area contributed by atoms with Crippen molar-refractivity contribution in [3.05, 3.63) is 59.9 Å². The van der Waals surface area contributed by atoms with E-state index >= 15 is 0 Å². The lowest BCUT2D eigenvalue weighted by Crippen LogP contribution is -2.28. The first-order chi connectivity index (χ1) is 13.1. The molecule has 140 valence electrons. The molecule has 3 rings (SSSR count). The zero-order valence-electron chi connectivity index (χ0n) is 14.8. The molecule has 1 unspecified atom stereocenters. The number of methoxy groups -OCH3 is 1. The van der Waals surface area contributed by atoms with Gasteiger partial charge in [0.05, 0.1) is 18.9 Å². The number of benzene rings is 2. The van der Waals surface area contributed by atoms with Gasteiger partial charge in [-0.05, 0) is 47.2 Å². The van der Waals surface area contributed by atoms with Gasteiger partial charge in [-0.15, -0.1) is 5.10 Å². The van der Waals surface area contributed by atoms with Crippen molar-refractivity contribution in [1.82, 2.24) is 25.5 Å². The highest BCUT2D eigenvalue weighted by atomic mass is 32.2. The summed E-state index contributed by atoms with van der Waals surface area (Å²) in [4.78, 5) is 12.3. The van der Waals surface area contributed by atoms with E-state index in [1.54, 1.807) is 19.2 Å². The van der Waals surface area contributed by atoms with Crippen molar-refractivity contribution in [2.45, 2.75) is 18.1 Å². The van der Waals surface area contributed by atoms with Crippen LogP contribution in [0, 0.1) is 5.82 Å². The highest BCUT2D eigenvalue weighted by Crippen LogP contribution is 2.25. The van der Waals surface area contributed by atoms with Gasteiger partial charge in [0.25, 0.3) is 0 Å². The predicted octanol–water partition coefficient (Wildman–Crippen LogP) is 2.78. The van der Waals surface area contributed by atoms with Gasteiger partial charge < -0.3 is 10.1 Å². The fraction of sp³-hybridized carbons (Fsp3) is 0.222. The van der Waals surface area contributed by atoms with Gasteiger partial charge >= 0.3 is 0 Å². The molecule has 27 heavy (non-hydrogen) atoms. The molecule has 3 aromatic rings. The summed E-state index contributed by atoms with van der Waals surface area (Å²) >= 11 is 1.21. The lowest BCUT2D eigenvalue weighted by atomic mass is 10.1. The molecule has 0 aliphatic heterocycles. The van der Waals surface area contributed by atoms with E-state index in [0.29, 0.717) is 16.6 Å². The Labute approximate surface area is 159 Å². The number of nitrogens with one attached hydrogen (secondary N) is 1. The molecule has 1 N–H and O–H groups in total. The maximum Gasteiger partial charge on any atom is 0.230 e. The van der Waals surface area contributed by atoms with Gasteiger partial charge in [-0.2, -0.15) is 4.68 Å². The lowest BCUT2D eigenvalue weighted by Gasteiger charge is -2.14. The molecule has 0 saturated heterocycles. The third-order valence-electron chi connectivity index (χ3n) is 3.83. The molecule has 0 aliphatic carbocycles. The summed E-state index contributed by atoms with van der Waals surface area (Å²) in [6.07, 6.45) is 0. The molecule has 1 amide bonds. The maximum absolute atomic E-state index is 13.0. The number of hydrogen-bond acceptors (Lipinski definition) is 6. The normalized spacial score (nSPS) is 11.8. The molecule has 0 spiro atoms. The maximum atomic E-state index is 13.0. The molecule has 1 heterocycles. The topological polar surface area (TPSA) is 81.9 Å². The fourth-order valence-electron chi connectivity index (χ4n) is 2.47. The van der Waals surface area contributed by atoms with Crippen LogP contribution in [0.1, 0.15) is 18.5 Å². The van der Waals surface area contributed by atoms with Crippen molar-refractivity contribution in [3.63, 3.8) is 0 Å². The summed E-state index contributed by atoms with van der Waals surface area (Å²) < 4.78 is 19.9. The molecule has 1 aromatic heterocycles. The summed E-state index contributed by atoms with van der Waals surface area (Å²) in [5.74, 6) is 0.282. The zero-order chi connectivity index (χ0) is 19.2. The summed E-state index contributed by atoms with van der Waals surface area (Å²) in [5.41, 5.74) is 1.51. The zero-order valence-corrected chi connectivity index (χ0v) is 15.6. The summed E-state index contributed by atoms with van der Waals surface area (Å²) in [6, 6.07) is 13.1. The van der Waals surface area contributed by atoms with E-state index in [1.165, 1.54) is 28.6 Å². The molecule has 2 aromatic carbocycles. The van der Waals surface area contributed by atoms with Crippen LogP contribution in [-0.2, 0) is 4.79 Å². The second kappa shape index (κ2) is 8.63. The second-order valence-electron chi connectivity index (χ2n) is 5.67. The van der Waals surface area contributed by atoms with Gasteiger partial charge in [0, 0.05) is 0 Å².